The number of likely N-dealkylation sites (N-methyl/N-ethyl adjacent to an activating group) is 1. The Balaban J connectivity index is 1.57. The zero-order chi connectivity index (χ0) is 21.3. The van der Waals surface area contributed by atoms with E-state index in [4.69, 9.17) is 17.0 Å². The topological polar surface area (TPSA) is 56.8 Å². The largest absolute Gasteiger partial charge is 0.494 e. The Morgan fingerprint density at radius 1 is 1.07 bits per heavy atom. The fourth-order valence-corrected chi connectivity index (χ4v) is 3.47. The highest BCUT2D eigenvalue weighted by Gasteiger charge is 2.17. The maximum Gasteiger partial charge on any atom is 0.257 e. The lowest BCUT2D eigenvalue weighted by Crippen LogP contribution is -2.45. The summed E-state index contributed by atoms with van der Waals surface area (Å²) < 4.78 is 5.64. The number of carbonyl (C=O) groups is 1. The summed E-state index contributed by atoms with van der Waals surface area (Å²) in [7, 11) is 2.13. The normalized spacial score (nSPS) is 14.3. The molecule has 1 fully saturated rings. The minimum absolute atomic E-state index is 0.246. The molecule has 6 nitrogen and oxygen atoms in total. The van der Waals surface area contributed by atoms with E-state index >= 15 is 0 Å². The van der Waals surface area contributed by atoms with Crippen LogP contribution in [-0.4, -0.2) is 55.8 Å². The number of carbonyl (C=O) groups excluding carboxylic acids is 1. The van der Waals surface area contributed by atoms with Gasteiger partial charge in [0.25, 0.3) is 5.91 Å². The summed E-state index contributed by atoms with van der Waals surface area (Å²) in [6.07, 6.45) is 2.10. The van der Waals surface area contributed by atoms with E-state index in [0.29, 0.717) is 12.2 Å². The number of amides is 1. The Hall–Kier alpha value is -2.64. The molecule has 1 amide bonds. The standard InChI is InChI=1S/C23H30N4O2S/c1-3-4-17-29-19-11-9-18(10-12-19)22(28)25-23(30)24-20-7-5-6-8-21(20)27-15-13-26(2)14-16-27/h5-12H,3-4,13-17H2,1-2H3,(H2,24,25,28,30). The van der Waals surface area contributed by atoms with Gasteiger partial charge in [-0.2, -0.15) is 0 Å². The lowest BCUT2D eigenvalue weighted by Gasteiger charge is -2.35. The van der Waals surface area contributed by atoms with Crippen LogP contribution in [0, 0.1) is 0 Å². The first-order chi connectivity index (χ1) is 14.6. The first kappa shape index (κ1) is 22.1. The van der Waals surface area contributed by atoms with E-state index in [1.54, 1.807) is 12.1 Å². The van der Waals surface area contributed by atoms with Crippen LogP contribution >= 0.6 is 12.2 Å². The van der Waals surface area contributed by atoms with Crippen LogP contribution in [0.1, 0.15) is 30.1 Å². The first-order valence-electron chi connectivity index (χ1n) is 10.4. The van der Waals surface area contributed by atoms with Crippen LogP contribution in [0.25, 0.3) is 0 Å². The summed E-state index contributed by atoms with van der Waals surface area (Å²) in [5, 5.41) is 6.23. The number of nitrogens with one attached hydrogen (secondary N) is 2. The molecule has 0 saturated carbocycles. The third-order valence-corrected chi connectivity index (χ3v) is 5.31. The first-order valence-corrected chi connectivity index (χ1v) is 10.9. The van der Waals surface area contributed by atoms with Crippen LogP contribution in [0.5, 0.6) is 5.75 Å². The maximum atomic E-state index is 12.5. The van der Waals surface area contributed by atoms with Crippen LogP contribution in [-0.2, 0) is 0 Å². The lowest BCUT2D eigenvalue weighted by atomic mass is 10.2. The number of ether oxygens (including phenoxy) is 1. The van der Waals surface area contributed by atoms with Gasteiger partial charge in [0.05, 0.1) is 18.0 Å². The van der Waals surface area contributed by atoms with Crippen molar-refractivity contribution in [3.63, 3.8) is 0 Å². The van der Waals surface area contributed by atoms with Crippen molar-refractivity contribution >= 4 is 34.6 Å². The van der Waals surface area contributed by atoms with Crippen LogP contribution in [0.15, 0.2) is 48.5 Å². The summed E-state index contributed by atoms with van der Waals surface area (Å²) in [5.41, 5.74) is 2.53. The van der Waals surface area contributed by atoms with Crippen LogP contribution in [0.3, 0.4) is 0 Å². The van der Waals surface area contributed by atoms with Crippen molar-refractivity contribution in [2.24, 2.45) is 0 Å². The molecule has 0 aromatic heterocycles. The molecule has 2 aromatic rings. The van der Waals surface area contributed by atoms with Crippen molar-refractivity contribution in [2.75, 3.05) is 50.1 Å². The zero-order valence-electron chi connectivity index (χ0n) is 17.7. The van der Waals surface area contributed by atoms with E-state index < -0.39 is 0 Å². The van der Waals surface area contributed by atoms with Gasteiger partial charge in [-0.3, -0.25) is 10.1 Å². The monoisotopic (exact) mass is 426 g/mol. The van der Waals surface area contributed by atoms with Gasteiger partial charge in [-0.1, -0.05) is 25.5 Å². The van der Waals surface area contributed by atoms with Gasteiger partial charge in [0.15, 0.2) is 5.11 Å². The summed E-state index contributed by atoms with van der Waals surface area (Å²) >= 11 is 5.39. The number of thiocarbonyl (C=S) groups is 1. The van der Waals surface area contributed by atoms with Gasteiger partial charge in [-0.05, 0) is 62.1 Å². The van der Waals surface area contributed by atoms with E-state index in [0.717, 1.165) is 56.1 Å². The molecule has 0 atom stereocenters. The second kappa shape index (κ2) is 10.9. The van der Waals surface area contributed by atoms with Crippen LogP contribution in [0.2, 0.25) is 0 Å². The molecule has 30 heavy (non-hydrogen) atoms. The van der Waals surface area contributed by atoms with Crippen molar-refractivity contribution in [3.8, 4) is 5.75 Å². The third-order valence-electron chi connectivity index (χ3n) is 5.11. The predicted octanol–water partition coefficient (Wildman–Crippen LogP) is 3.74. The summed E-state index contributed by atoms with van der Waals surface area (Å²) in [4.78, 5) is 17.2. The van der Waals surface area contributed by atoms with Crippen LogP contribution < -0.4 is 20.3 Å². The molecule has 2 aromatic carbocycles. The average molecular weight is 427 g/mol. The van der Waals surface area contributed by atoms with Crippen molar-refractivity contribution in [1.82, 2.24) is 10.2 Å². The molecular formula is C23H30N4O2S. The molecule has 0 bridgehead atoms. The van der Waals surface area contributed by atoms with Gasteiger partial charge in [-0.25, -0.2) is 0 Å². The molecule has 1 aliphatic rings. The number of nitrogens with zero attached hydrogens (tertiary/aromatic N) is 2. The lowest BCUT2D eigenvalue weighted by molar-refractivity contribution is 0.0977. The summed E-state index contributed by atoms with van der Waals surface area (Å²) in [5.74, 6) is 0.520. The average Bonchev–Trinajstić information content (AvgIpc) is 2.75. The SMILES string of the molecule is CCCCOc1ccc(C(=O)NC(=S)Nc2ccccc2N2CCN(C)CC2)cc1. The van der Waals surface area contributed by atoms with Crippen molar-refractivity contribution in [1.29, 1.82) is 0 Å². The second-order valence-corrected chi connectivity index (χ2v) is 7.85. The van der Waals surface area contributed by atoms with Gasteiger partial charge < -0.3 is 19.9 Å². The molecule has 1 saturated heterocycles. The van der Waals surface area contributed by atoms with E-state index in [1.807, 2.05) is 30.3 Å². The maximum absolute atomic E-state index is 12.5. The number of para-hydroxylation sites is 2. The third kappa shape index (κ3) is 6.18. The number of anilines is 2. The fourth-order valence-electron chi connectivity index (χ4n) is 3.27. The Morgan fingerprint density at radius 2 is 1.77 bits per heavy atom. The number of unbranched alkanes of at least 4 members (excludes halogenated alkanes) is 1. The van der Waals surface area contributed by atoms with Crippen molar-refractivity contribution < 1.29 is 9.53 Å². The molecule has 2 N–H and O–H groups in total. The molecule has 0 aliphatic carbocycles. The molecule has 0 unspecified atom stereocenters. The number of rotatable bonds is 7. The smallest absolute Gasteiger partial charge is 0.257 e. The minimum Gasteiger partial charge on any atom is -0.494 e. The Bertz CT molecular complexity index is 849. The van der Waals surface area contributed by atoms with Gasteiger partial charge >= 0.3 is 0 Å². The Kier molecular flexibility index (Phi) is 8.04. The molecular weight excluding hydrogens is 396 g/mol. The quantitative estimate of drug-likeness (QED) is 0.520. The summed E-state index contributed by atoms with van der Waals surface area (Å²) in [6.45, 7) is 6.77. The Labute approximate surface area is 184 Å². The van der Waals surface area contributed by atoms with Gasteiger partial charge in [0.2, 0.25) is 0 Å². The molecule has 0 radical (unpaired) electrons. The van der Waals surface area contributed by atoms with Gasteiger partial charge in [0, 0.05) is 31.7 Å². The van der Waals surface area contributed by atoms with E-state index in [2.05, 4.69) is 40.5 Å². The molecule has 1 aliphatic heterocycles. The number of hydrogen-bond acceptors (Lipinski definition) is 5. The van der Waals surface area contributed by atoms with Crippen molar-refractivity contribution in [3.05, 3.63) is 54.1 Å². The zero-order valence-corrected chi connectivity index (χ0v) is 18.5. The highest BCUT2D eigenvalue weighted by molar-refractivity contribution is 7.80. The predicted molar refractivity (Wildman–Crippen MR) is 127 cm³/mol. The van der Waals surface area contributed by atoms with E-state index in [1.165, 1.54) is 0 Å². The van der Waals surface area contributed by atoms with E-state index in [-0.39, 0.29) is 11.0 Å². The van der Waals surface area contributed by atoms with Gasteiger partial charge in [-0.15, -0.1) is 0 Å². The highest BCUT2D eigenvalue weighted by Crippen LogP contribution is 2.26. The molecule has 7 heteroatoms. The molecule has 3 rings (SSSR count). The summed E-state index contributed by atoms with van der Waals surface area (Å²) in [6, 6.07) is 15.2. The number of hydrogen-bond donors (Lipinski definition) is 2. The fraction of sp³-hybridized carbons (Fsp3) is 0.391. The highest BCUT2D eigenvalue weighted by atomic mass is 32.1. The second-order valence-electron chi connectivity index (χ2n) is 7.44. The molecule has 1 heterocycles. The molecule has 160 valence electrons. The molecule has 0 spiro atoms. The van der Waals surface area contributed by atoms with Crippen molar-refractivity contribution in [2.45, 2.75) is 19.8 Å². The minimum atomic E-state index is -0.246. The Morgan fingerprint density at radius 3 is 2.47 bits per heavy atom. The van der Waals surface area contributed by atoms with Crippen LogP contribution in [0.4, 0.5) is 11.4 Å². The number of piperazine rings is 1. The number of benzene rings is 2. The van der Waals surface area contributed by atoms with E-state index in [9.17, 15) is 4.79 Å². The van der Waals surface area contributed by atoms with Gasteiger partial charge in [0.1, 0.15) is 5.75 Å².